The van der Waals surface area contributed by atoms with E-state index in [-0.39, 0.29) is 18.4 Å². The first kappa shape index (κ1) is 17.1. The van der Waals surface area contributed by atoms with E-state index in [0.29, 0.717) is 21.4 Å². The Labute approximate surface area is 144 Å². The van der Waals surface area contributed by atoms with Crippen LogP contribution < -0.4 is 16.0 Å². The van der Waals surface area contributed by atoms with Crippen LogP contribution in [-0.2, 0) is 11.2 Å². The van der Waals surface area contributed by atoms with E-state index in [4.69, 9.17) is 23.2 Å². The summed E-state index contributed by atoms with van der Waals surface area (Å²) >= 11 is 11.8. The van der Waals surface area contributed by atoms with Crippen LogP contribution in [-0.4, -0.2) is 19.0 Å². The van der Waals surface area contributed by atoms with Gasteiger partial charge in [-0.3, -0.25) is 4.79 Å². The third-order valence-corrected chi connectivity index (χ3v) is 3.72. The van der Waals surface area contributed by atoms with Gasteiger partial charge in [-0.05, 0) is 35.9 Å². The molecule has 3 N–H and O–H groups in total. The minimum atomic E-state index is -0.329. The van der Waals surface area contributed by atoms with E-state index in [1.165, 1.54) is 7.05 Å². The van der Waals surface area contributed by atoms with Gasteiger partial charge in [0, 0.05) is 18.4 Å². The van der Waals surface area contributed by atoms with Gasteiger partial charge in [0.05, 0.1) is 16.5 Å². The quantitative estimate of drug-likeness (QED) is 0.780. The molecule has 0 radical (unpaired) electrons. The van der Waals surface area contributed by atoms with Gasteiger partial charge in [0.2, 0.25) is 5.91 Å². The molecule has 2 rings (SSSR count). The second kappa shape index (κ2) is 7.85. The average molecular weight is 352 g/mol. The zero-order valence-electron chi connectivity index (χ0n) is 12.3. The van der Waals surface area contributed by atoms with Crippen LogP contribution in [0.3, 0.4) is 0 Å². The molecule has 0 heterocycles. The predicted molar refractivity (Wildman–Crippen MR) is 93.3 cm³/mol. The molecule has 23 heavy (non-hydrogen) atoms. The number of halogens is 2. The van der Waals surface area contributed by atoms with Gasteiger partial charge >= 0.3 is 6.03 Å². The molecule has 0 atom stereocenters. The van der Waals surface area contributed by atoms with Crippen LogP contribution in [0.1, 0.15) is 5.56 Å². The molecular weight excluding hydrogens is 337 g/mol. The highest BCUT2D eigenvalue weighted by atomic mass is 35.5. The van der Waals surface area contributed by atoms with E-state index in [1.807, 2.05) is 0 Å². The minimum absolute atomic E-state index is 0.171. The Balaban J connectivity index is 2.00. The lowest BCUT2D eigenvalue weighted by atomic mass is 10.1. The Hall–Kier alpha value is -2.24. The Morgan fingerprint density at radius 1 is 0.957 bits per heavy atom. The third-order valence-electron chi connectivity index (χ3n) is 2.98. The van der Waals surface area contributed by atoms with Gasteiger partial charge in [0.15, 0.2) is 0 Å². The largest absolute Gasteiger partial charge is 0.341 e. The second-order valence-electron chi connectivity index (χ2n) is 4.76. The molecule has 0 fully saturated rings. The average Bonchev–Trinajstić information content (AvgIpc) is 2.51. The maximum Gasteiger partial charge on any atom is 0.318 e. The Bertz CT molecular complexity index is 735. The van der Waals surface area contributed by atoms with Crippen molar-refractivity contribution in [2.24, 2.45) is 0 Å². The lowest BCUT2D eigenvalue weighted by molar-refractivity contribution is -0.115. The molecular formula is C16H15Cl2N3O2. The molecule has 0 unspecified atom stereocenters. The maximum absolute atomic E-state index is 12.1. The Morgan fingerprint density at radius 3 is 2.30 bits per heavy atom. The number of carbonyl (C=O) groups excluding carboxylic acids is 2. The highest BCUT2D eigenvalue weighted by molar-refractivity contribution is 6.42. The molecule has 0 aliphatic heterocycles. The van der Waals surface area contributed by atoms with Crippen molar-refractivity contribution >= 4 is 46.5 Å². The smallest absolute Gasteiger partial charge is 0.318 e. The summed E-state index contributed by atoms with van der Waals surface area (Å²) in [6, 6.07) is 11.6. The summed E-state index contributed by atoms with van der Waals surface area (Å²) in [4.78, 5) is 23.4. The fraction of sp³-hybridized carbons (Fsp3) is 0.125. The molecule has 120 valence electrons. The normalized spacial score (nSPS) is 10.0. The van der Waals surface area contributed by atoms with E-state index >= 15 is 0 Å². The molecule has 0 aliphatic carbocycles. The molecule has 0 saturated heterocycles. The van der Waals surface area contributed by atoms with Crippen molar-refractivity contribution in [2.75, 3.05) is 17.7 Å². The van der Waals surface area contributed by atoms with Crippen molar-refractivity contribution in [3.8, 4) is 0 Å². The molecule has 0 aliphatic rings. The lowest BCUT2D eigenvalue weighted by Crippen LogP contribution is -2.24. The number of amides is 3. The van der Waals surface area contributed by atoms with Crippen LogP contribution in [0.2, 0.25) is 10.0 Å². The Morgan fingerprint density at radius 2 is 1.65 bits per heavy atom. The monoisotopic (exact) mass is 351 g/mol. The molecule has 0 aromatic heterocycles. The zero-order valence-corrected chi connectivity index (χ0v) is 13.8. The first-order valence-corrected chi connectivity index (χ1v) is 7.56. The maximum atomic E-state index is 12.1. The lowest BCUT2D eigenvalue weighted by Gasteiger charge is -2.09. The van der Waals surface area contributed by atoms with Gasteiger partial charge in [-0.25, -0.2) is 4.79 Å². The molecule has 0 spiro atoms. The van der Waals surface area contributed by atoms with Crippen LogP contribution in [0.15, 0.2) is 42.5 Å². The summed E-state index contributed by atoms with van der Waals surface area (Å²) in [5.74, 6) is -0.194. The van der Waals surface area contributed by atoms with Crippen LogP contribution >= 0.6 is 23.2 Å². The van der Waals surface area contributed by atoms with Gasteiger partial charge in [-0.1, -0.05) is 35.3 Å². The summed E-state index contributed by atoms with van der Waals surface area (Å²) in [5.41, 5.74) is 1.93. The SMILES string of the molecule is CNC(=O)Nc1cccc(NC(=O)Cc2ccc(Cl)c(Cl)c2)c1. The van der Waals surface area contributed by atoms with Gasteiger partial charge in [0.25, 0.3) is 0 Å². The number of hydrogen-bond donors (Lipinski definition) is 3. The van der Waals surface area contributed by atoms with Gasteiger partial charge in [-0.2, -0.15) is 0 Å². The van der Waals surface area contributed by atoms with Gasteiger partial charge < -0.3 is 16.0 Å². The summed E-state index contributed by atoms with van der Waals surface area (Å²) in [5, 5.41) is 8.72. The molecule has 2 aromatic carbocycles. The molecule has 3 amide bonds. The van der Waals surface area contributed by atoms with E-state index in [1.54, 1.807) is 42.5 Å². The van der Waals surface area contributed by atoms with E-state index in [0.717, 1.165) is 5.56 Å². The topological polar surface area (TPSA) is 70.2 Å². The summed E-state index contributed by atoms with van der Waals surface area (Å²) < 4.78 is 0. The third kappa shape index (κ3) is 5.16. The number of urea groups is 1. The van der Waals surface area contributed by atoms with E-state index < -0.39 is 0 Å². The number of hydrogen-bond acceptors (Lipinski definition) is 2. The highest BCUT2D eigenvalue weighted by Gasteiger charge is 2.07. The highest BCUT2D eigenvalue weighted by Crippen LogP contribution is 2.23. The fourth-order valence-electron chi connectivity index (χ4n) is 1.91. The number of anilines is 2. The number of benzene rings is 2. The zero-order chi connectivity index (χ0) is 16.8. The first-order chi connectivity index (χ1) is 11.0. The molecule has 7 heteroatoms. The summed E-state index contributed by atoms with van der Waals surface area (Å²) in [7, 11) is 1.53. The molecule has 0 bridgehead atoms. The number of carbonyl (C=O) groups is 2. The Kier molecular flexibility index (Phi) is 5.84. The summed E-state index contributed by atoms with van der Waals surface area (Å²) in [6.07, 6.45) is 0.171. The van der Waals surface area contributed by atoms with Crippen molar-refractivity contribution in [2.45, 2.75) is 6.42 Å². The molecule has 5 nitrogen and oxygen atoms in total. The summed E-state index contributed by atoms with van der Waals surface area (Å²) in [6.45, 7) is 0. The fourth-order valence-corrected chi connectivity index (χ4v) is 2.23. The minimum Gasteiger partial charge on any atom is -0.341 e. The van der Waals surface area contributed by atoms with E-state index in [9.17, 15) is 9.59 Å². The number of rotatable bonds is 4. The van der Waals surface area contributed by atoms with Crippen molar-refractivity contribution in [3.05, 3.63) is 58.1 Å². The van der Waals surface area contributed by atoms with Crippen LogP contribution in [0.25, 0.3) is 0 Å². The van der Waals surface area contributed by atoms with Crippen molar-refractivity contribution in [1.82, 2.24) is 5.32 Å². The van der Waals surface area contributed by atoms with Gasteiger partial charge in [0.1, 0.15) is 0 Å². The first-order valence-electron chi connectivity index (χ1n) is 6.80. The number of nitrogens with one attached hydrogen (secondary N) is 3. The molecule has 2 aromatic rings. The van der Waals surface area contributed by atoms with Crippen molar-refractivity contribution in [1.29, 1.82) is 0 Å². The van der Waals surface area contributed by atoms with Crippen LogP contribution in [0.4, 0.5) is 16.2 Å². The molecule has 0 saturated carbocycles. The van der Waals surface area contributed by atoms with Gasteiger partial charge in [-0.15, -0.1) is 0 Å². The van der Waals surface area contributed by atoms with E-state index in [2.05, 4.69) is 16.0 Å². The standard InChI is InChI=1S/C16H15Cl2N3O2/c1-19-16(23)21-12-4-2-3-11(9-12)20-15(22)8-10-5-6-13(17)14(18)7-10/h2-7,9H,8H2,1H3,(H,20,22)(H2,19,21,23). The predicted octanol–water partition coefficient (Wildman–Crippen LogP) is 3.93. The van der Waals surface area contributed by atoms with Crippen molar-refractivity contribution < 1.29 is 9.59 Å². The van der Waals surface area contributed by atoms with Crippen LogP contribution in [0, 0.1) is 0 Å². The van der Waals surface area contributed by atoms with Crippen LogP contribution in [0.5, 0.6) is 0 Å². The second-order valence-corrected chi connectivity index (χ2v) is 5.57. The van der Waals surface area contributed by atoms with Crippen molar-refractivity contribution in [3.63, 3.8) is 0 Å².